The summed E-state index contributed by atoms with van der Waals surface area (Å²) >= 11 is 0. The zero-order chi connectivity index (χ0) is 25.1. The molecule has 1 fully saturated rings. The number of morpholine rings is 1. The Morgan fingerprint density at radius 2 is 1.72 bits per heavy atom. The van der Waals surface area contributed by atoms with Gasteiger partial charge in [-0.1, -0.05) is 0 Å². The van der Waals surface area contributed by atoms with Crippen molar-refractivity contribution in [3.8, 4) is 34.3 Å². The number of phenolic OH excluding ortho intramolecular Hbond substituents is 1. The summed E-state index contributed by atoms with van der Waals surface area (Å²) in [6.45, 7) is 6.90. The van der Waals surface area contributed by atoms with Crippen LogP contribution >= 0.6 is 0 Å². The maximum atomic E-state index is 9.76. The SMILES string of the molecule is COc1ccc(-n2c(C)nc3c(NCCN4CCOCC4)nc(-c4ccc(O)cc4)nc32)cc1OC. The quantitative estimate of drug-likeness (QED) is 0.385. The second kappa shape index (κ2) is 10.4. The highest BCUT2D eigenvalue weighted by molar-refractivity contribution is 5.87. The maximum Gasteiger partial charge on any atom is 0.170 e. The standard InChI is InChI=1S/C26H30N6O4/c1-17-28-23-25(27-10-11-31-12-14-36-15-13-31)29-24(18-4-7-20(33)8-5-18)30-26(23)32(17)19-6-9-21(34-2)22(16-19)35-3/h4-9,16,33H,10-15H2,1-3H3,(H,27,29,30). The average Bonchev–Trinajstić information content (AvgIpc) is 3.25. The van der Waals surface area contributed by atoms with E-state index in [0.717, 1.165) is 49.9 Å². The van der Waals surface area contributed by atoms with Crippen molar-refractivity contribution in [3.63, 3.8) is 0 Å². The number of aromatic hydroxyl groups is 1. The van der Waals surface area contributed by atoms with Crippen LogP contribution in [0.25, 0.3) is 28.2 Å². The summed E-state index contributed by atoms with van der Waals surface area (Å²) in [5, 5.41) is 13.2. The number of phenols is 1. The second-order valence-electron chi connectivity index (χ2n) is 8.53. The topological polar surface area (TPSA) is 107 Å². The lowest BCUT2D eigenvalue weighted by atomic mass is 10.2. The summed E-state index contributed by atoms with van der Waals surface area (Å²) in [5.74, 6) is 3.43. The Labute approximate surface area is 209 Å². The molecule has 1 aliphatic heterocycles. The number of ether oxygens (including phenoxy) is 3. The van der Waals surface area contributed by atoms with Gasteiger partial charge in [0.15, 0.2) is 34.3 Å². The zero-order valence-corrected chi connectivity index (χ0v) is 20.7. The Balaban J connectivity index is 1.58. The van der Waals surface area contributed by atoms with Crippen LogP contribution in [-0.2, 0) is 4.74 Å². The van der Waals surface area contributed by atoms with Crippen molar-refractivity contribution in [2.24, 2.45) is 0 Å². The molecule has 2 N–H and O–H groups in total. The van der Waals surface area contributed by atoms with Gasteiger partial charge in [0.2, 0.25) is 0 Å². The molecule has 0 atom stereocenters. The molecule has 2 aromatic heterocycles. The van der Waals surface area contributed by atoms with Crippen LogP contribution in [-0.4, -0.2) is 83.1 Å². The van der Waals surface area contributed by atoms with E-state index in [-0.39, 0.29) is 5.75 Å². The van der Waals surface area contributed by atoms with Crippen molar-refractivity contribution in [2.75, 3.05) is 58.9 Å². The van der Waals surface area contributed by atoms with Crippen LogP contribution in [0, 0.1) is 6.92 Å². The fourth-order valence-electron chi connectivity index (χ4n) is 4.36. The predicted molar refractivity (Wildman–Crippen MR) is 137 cm³/mol. The minimum atomic E-state index is 0.190. The van der Waals surface area contributed by atoms with Crippen molar-refractivity contribution in [1.29, 1.82) is 0 Å². The monoisotopic (exact) mass is 490 g/mol. The highest BCUT2D eigenvalue weighted by Gasteiger charge is 2.19. The fraction of sp³-hybridized carbons (Fsp3) is 0.346. The van der Waals surface area contributed by atoms with Crippen molar-refractivity contribution < 1.29 is 19.3 Å². The van der Waals surface area contributed by atoms with E-state index in [1.54, 1.807) is 38.5 Å². The number of fused-ring (bicyclic) bond motifs is 1. The molecule has 1 saturated heterocycles. The van der Waals surface area contributed by atoms with Gasteiger partial charge in [0.25, 0.3) is 0 Å². The summed E-state index contributed by atoms with van der Waals surface area (Å²) in [6, 6.07) is 12.6. The number of benzene rings is 2. The number of aromatic nitrogens is 4. The minimum Gasteiger partial charge on any atom is -0.508 e. The van der Waals surface area contributed by atoms with E-state index in [1.165, 1.54) is 0 Å². The van der Waals surface area contributed by atoms with Crippen LogP contribution in [0.1, 0.15) is 5.82 Å². The summed E-state index contributed by atoms with van der Waals surface area (Å²) < 4.78 is 18.4. The highest BCUT2D eigenvalue weighted by Crippen LogP contribution is 2.33. The number of nitrogens with zero attached hydrogens (tertiary/aromatic N) is 5. The molecule has 10 heteroatoms. The van der Waals surface area contributed by atoms with Gasteiger partial charge in [-0.25, -0.2) is 15.0 Å². The lowest BCUT2D eigenvalue weighted by Crippen LogP contribution is -2.39. The van der Waals surface area contributed by atoms with Gasteiger partial charge < -0.3 is 24.6 Å². The van der Waals surface area contributed by atoms with Crippen LogP contribution in [0.2, 0.25) is 0 Å². The first-order valence-electron chi connectivity index (χ1n) is 11.9. The summed E-state index contributed by atoms with van der Waals surface area (Å²) in [6.07, 6.45) is 0. The Hall–Kier alpha value is -3.89. The van der Waals surface area contributed by atoms with Gasteiger partial charge >= 0.3 is 0 Å². The first kappa shape index (κ1) is 23.8. The van der Waals surface area contributed by atoms with Gasteiger partial charge in [-0.15, -0.1) is 0 Å². The van der Waals surface area contributed by atoms with E-state index >= 15 is 0 Å². The van der Waals surface area contributed by atoms with Crippen molar-refractivity contribution >= 4 is 17.0 Å². The zero-order valence-electron chi connectivity index (χ0n) is 20.7. The molecule has 1 aliphatic rings. The third kappa shape index (κ3) is 4.77. The van der Waals surface area contributed by atoms with E-state index in [1.807, 2.05) is 29.7 Å². The Morgan fingerprint density at radius 1 is 0.972 bits per heavy atom. The molecule has 0 saturated carbocycles. The van der Waals surface area contributed by atoms with Gasteiger partial charge in [0, 0.05) is 37.8 Å². The number of hydrogen-bond acceptors (Lipinski definition) is 9. The molecule has 36 heavy (non-hydrogen) atoms. The molecule has 2 aromatic carbocycles. The van der Waals surface area contributed by atoms with E-state index < -0.39 is 0 Å². The molecule has 0 aliphatic carbocycles. The molecule has 5 rings (SSSR count). The van der Waals surface area contributed by atoms with Gasteiger partial charge in [0.1, 0.15) is 11.6 Å². The number of anilines is 1. The molecule has 188 valence electrons. The molecular weight excluding hydrogens is 460 g/mol. The largest absolute Gasteiger partial charge is 0.508 e. The Morgan fingerprint density at radius 3 is 2.44 bits per heavy atom. The molecule has 3 heterocycles. The van der Waals surface area contributed by atoms with Gasteiger partial charge in [-0.3, -0.25) is 9.47 Å². The van der Waals surface area contributed by atoms with Crippen LogP contribution in [0.3, 0.4) is 0 Å². The molecule has 0 amide bonds. The predicted octanol–water partition coefficient (Wildman–Crippen LogP) is 3.26. The lowest BCUT2D eigenvalue weighted by Gasteiger charge is -2.26. The normalized spacial score (nSPS) is 14.2. The van der Waals surface area contributed by atoms with Crippen molar-refractivity contribution in [2.45, 2.75) is 6.92 Å². The number of hydrogen-bond donors (Lipinski definition) is 2. The number of imidazole rings is 1. The Bertz CT molecular complexity index is 1350. The number of aryl methyl sites for hydroxylation is 1. The van der Waals surface area contributed by atoms with E-state index in [4.69, 9.17) is 29.2 Å². The molecule has 0 spiro atoms. The average molecular weight is 491 g/mol. The van der Waals surface area contributed by atoms with E-state index in [9.17, 15) is 5.11 Å². The second-order valence-corrected chi connectivity index (χ2v) is 8.53. The molecule has 4 aromatic rings. The lowest BCUT2D eigenvalue weighted by molar-refractivity contribution is 0.0398. The highest BCUT2D eigenvalue weighted by atomic mass is 16.5. The Kier molecular flexibility index (Phi) is 6.88. The van der Waals surface area contributed by atoms with Gasteiger partial charge in [-0.2, -0.15) is 0 Å². The van der Waals surface area contributed by atoms with Crippen molar-refractivity contribution in [1.82, 2.24) is 24.4 Å². The van der Waals surface area contributed by atoms with Crippen LogP contribution in [0.5, 0.6) is 17.2 Å². The molecule has 0 unspecified atom stereocenters. The smallest absolute Gasteiger partial charge is 0.170 e. The first-order chi connectivity index (χ1) is 17.6. The third-order valence-corrected chi connectivity index (χ3v) is 6.25. The molecule has 0 bridgehead atoms. The number of rotatable bonds is 8. The molecule has 0 radical (unpaired) electrons. The maximum absolute atomic E-state index is 9.76. The minimum absolute atomic E-state index is 0.190. The number of methoxy groups -OCH3 is 2. The van der Waals surface area contributed by atoms with E-state index in [0.29, 0.717) is 40.8 Å². The van der Waals surface area contributed by atoms with Gasteiger partial charge in [-0.05, 0) is 43.3 Å². The van der Waals surface area contributed by atoms with Crippen LogP contribution in [0.15, 0.2) is 42.5 Å². The van der Waals surface area contributed by atoms with E-state index in [2.05, 4.69) is 10.2 Å². The van der Waals surface area contributed by atoms with Crippen molar-refractivity contribution in [3.05, 3.63) is 48.3 Å². The van der Waals surface area contributed by atoms with Gasteiger partial charge in [0.05, 0.1) is 33.1 Å². The molecule has 10 nitrogen and oxygen atoms in total. The summed E-state index contributed by atoms with van der Waals surface area (Å²) in [4.78, 5) is 16.9. The molecular formula is C26H30N6O4. The first-order valence-corrected chi connectivity index (χ1v) is 11.9. The third-order valence-electron chi connectivity index (χ3n) is 6.25. The van der Waals surface area contributed by atoms with Crippen LogP contribution in [0.4, 0.5) is 5.82 Å². The summed E-state index contributed by atoms with van der Waals surface area (Å²) in [7, 11) is 3.23. The van der Waals surface area contributed by atoms with Crippen LogP contribution < -0.4 is 14.8 Å². The number of nitrogens with one attached hydrogen (secondary N) is 1. The fourth-order valence-corrected chi connectivity index (χ4v) is 4.36. The summed E-state index contributed by atoms with van der Waals surface area (Å²) in [5.41, 5.74) is 3.00.